The summed E-state index contributed by atoms with van der Waals surface area (Å²) in [6, 6.07) is -2.96. The molecule has 0 aromatic carbocycles. The average molecular weight is 351 g/mol. The lowest BCUT2D eigenvalue weighted by Crippen LogP contribution is -2.56. The maximum Gasteiger partial charge on any atom is 0.341 e. The summed E-state index contributed by atoms with van der Waals surface area (Å²) in [5, 5.41) is 16.9. The zero-order valence-corrected chi connectivity index (χ0v) is 14.3. The van der Waals surface area contributed by atoms with Crippen LogP contribution in [0, 0.1) is 16.7 Å². The average Bonchev–Trinajstić information content (AvgIpc) is 2.46. The van der Waals surface area contributed by atoms with Crippen LogP contribution in [0.1, 0.15) is 27.7 Å². The Kier molecular flexibility index (Phi) is 9.16. The lowest BCUT2D eigenvalue weighted by atomic mass is 10.0. The molecule has 132 valence electrons. The van der Waals surface area contributed by atoms with Crippen molar-refractivity contribution in [3.05, 3.63) is 4.91 Å². The second-order valence-electron chi connectivity index (χ2n) is 5.63. The molecule has 0 radical (unpaired) electrons. The van der Waals surface area contributed by atoms with Crippen molar-refractivity contribution in [3.63, 3.8) is 0 Å². The number of carbonyl (C=O) groups excluding carboxylic acids is 2. The highest BCUT2D eigenvalue weighted by atomic mass is 35.5. The molecule has 0 aliphatic carbocycles. The molecule has 0 saturated carbocycles. The van der Waals surface area contributed by atoms with E-state index in [9.17, 15) is 19.3 Å². The molecule has 10 heteroatoms. The maximum atomic E-state index is 12.3. The molecule has 2 atom stereocenters. The molecule has 0 fully saturated rings. The molecule has 0 spiro atoms. The predicted molar refractivity (Wildman–Crippen MR) is 84.8 cm³/mol. The smallest absolute Gasteiger partial charge is 0.341 e. The van der Waals surface area contributed by atoms with Crippen molar-refractivity contribution in [2.75, 3.05) is 12.4 Å². The number of rotatable bonds is 9. The Morgan fingerprint density at radius 1 is 1.09 bits per heavy atom. The minimum Gasteiger partial charge on any atom is -0.480 e. The number of carboxylic acid groups (broad SMARTS) is 1. The van der Waals surface area contributed by atoms with Gasteiger partial charge in [-0.25, -0.2) is 9.59 Å². The first kappa shape index (κ1) is 21.1. The number of alkyl halides is 1. The molecule has 0 aliphatic rings. The maximum absolute atomic E-state index is 12.3. The SMILES string of the molecule is CC(C)[C@H](NC(=O)[C@@H](NC(=O)N(CCCl)N=O)C(C)C)C(=O)O. The third-order valence-electron chi connectivity index (χ3n) is 3.09. The van der Waals surface area contributed by atoms with Crippen molar-refractivity contribution in [2.45, 2.75) is 39.8 Å². The van der Waals surface area contributed by atoms with Crippen molar-refractivity contribution in [3.8, 4) is 0 Å². The summed E-state index contributed by atoms with van der Waals surface area (Å²) in [6.45, 7) is 6.56. The number of urea groups is 1. The van der Waals surface area contributed by atoms with Gasteiger partial charge >= 0.3 is 12.0 Å². The number of hydrogen-bond donors (Lipinski definition) is 3. The third kappa shape index (κ3) is 6.81. The number of aliphatic carboxylic acids is 1. The number of nitroso groups, excluding NO2 is 1. The molecule has 0 aromatic rings. The Balaban J connectivity index is 5.04. The number of nitrogens with zero attached hydrogens (tertiary/aromatic N) is 2. The van der Waals surface area contributed by atoms with E-state index in [2.05, 4.69) is 15.9 Å². The van der Waals surface area contributed by atoms with Gasteiger partial charge in [-0.3, -0.25) is 4.79 Å². The number of carboxylic acids is 1. The first-order chi connectivity index (χ1) is 10.6. The van der Waals surface area contributed by atoms with E-state index in [-0.39, 0.29) is 24.3 Å². The lowest BCUT2D eigenvalue weighted by Gasteiger charge is -2.26. The number of nitrogens with one attached hydrogen (secondary N) is 2. The number of hydrogen-bond acceptors (Lipinski definition) is 5. The van der Waals surface area contributed by atoms with Gasteiger partial charge in [0, 0.05) is 5.88 Å². The number of amides is 3. The van der Waals surface area contributed by atoms with E-state index in [1.54, 1.807) is 27.7 Å². The van der Waals surface area contributed by atoms with Crippen molar-refractivity contribution in [2.24, 2.45) is 17.1 Å². The molecule has 0 bridgehead atoms. The van der Waals surface area contributed by atoms with Crippen LogP contribution >= 0.6 is 11.6 Å². The fourth-order valence-corrected chi connectivity index (χ4v) is 1.92. The quantitative estimate of drug-likeness (QED) is 0.326. The van der Waals surface area contributed by atoms with Crippen LogP contribution in [0.3, 0.4) is 0 Å². The van der Waals surface area contributed by atoms with E-state index in [0.717, 1.165) is 0 Å². The van der Waals surface area contributed by atoms with Crippen molar-refractivity contribution < 1.29 is 19.5 Å². The molecule has 0 unspecified atom stereocenters. The van der Waals surface area contributed by atoms with Crippen molar-refractivity contribution >= 4 is 29.5 Å². The largest absolute Gasteiger partial charge is 0.480 e. The summed E-state index contributed by atoms with van der Waals surface area (Å²) in [7, 11) is 0. The fraction of sp³-hybridized carbons (Fsp3) is 0.769. The predicted octanol–water partition coefficient (Wildman–Crippen LogP) is 1.17. The van der Waals surface area contributed by atoms with E-state index >= 15 is 0 Å². The van der Waals surface area contributed by atoms with Crippen LogP contribution < -0.4 is 10.6 Å². The molecule has 23 heavy (non-hydrogen) atoms. The second-order valence-corrected chi connectivity index (χ2v) is 6.01. The molecular formula is C13H23ClN4O5. The normalized spacial score (nSPS) is 13.3. The first-order valence-electron chi connectivity index (χ1n) is 7.16. The zero-order valence-electron chi connectivity index (χ0n) is 13.6. The summed E-state index contributed by atoms with van der Waals surface area (Å²) in [6.07, 6.45) is 0. The summed E-state index contributed by atoms with van der Waals surface area (Å²) in [5.74, 6) is -2.47. The topological polar surface area (TPSA) is 128 Å². The lowest BCUT2D eigenvalue weighted by molar-refractivity contribution is -0.143. The van der Waals surface area contributed by atoms with Crippen molar-refractivity contribution in [1.82, 2.24) is 15.6 Å². The van der Waals surface area contributed by atoms with Crippen LogP contribution in [0.2, 0.25) is 0 Å². The molecule has 0 aliphatic heterocycles. The van der Waals surface area contributed by atoms with E-state index < -0.39 is 30.0 Å². The Morgan fingerprint density at radius 3 is 1.96 bits per heavy atom. The minimum atomic E-state index is -1.17. The monoisotopic (exact) mass is 350 g/mol. The van der Waals surface area contributed by atoms with Gasteiger partial charge in [-0.2, -0.15) is 5.01 Å². The molecule has 0 saturated heterocycles. The number of carbonyl (C=O) groups is 3. The van der Waals surface area contributed by atoms with Crippen LogP contribution in [0.15, 0.2) is 5.29 Å². The van der Waals surface area contributed by atoms with Crippen LogP contribution in [0.25, 0.3) is 0 Å². The van der Waals surface area contributed by atoms with Gasteiger partial charge in [-0.1, -0.05) is 27.7 Å². The van der Waals surface area contributed by atoms with Gasteiger partial charge in [0.25, 0.3) is 0 Å². The summed E-state index contributed by atoms with van der Waals surface area (Å²) < 4.78 is 0. The van der Waals surface area contributed by atoms with Gasteiger partial charge in [0.15, 0.2) is 0 Å². The zero-order chi connectivity index (χ0) is 18.2. The van der Waals surface area contributed by atoms with Gasteiger partial charge in [0.1, 0.15) is 12.1 Å². The standard InChI is InChI=1S/C13H23ClN4O5/c1-7(2)9(16-13(22)18(17-23)6-5-14)11(19)15-10(8(3)4)12(20)21/h7-10H,5-6H2,1-4H3,(H,15,19)(H,16,22)(H,20,21)/t9-,10-/m0/s1. The van der Waals surface area contributed by atoms with Gasteiger partial charge in [-0.15, -0.1) is 16.5 Å². The second kappa shape index (κ2) is 9.98. The highest BCUT2D eigenvalue weighted by Crippen LogP contribution is 2.07. The highest BCUT2D eigenvalue weighted by Gasteiger charge is 2.31. The van der Waals surface area contributed by atoms with Crippen molar-refractivity contribution in [1.29, 1.82) is 0 Å². The molecule has 0 aromatic heterocycles. The molecule has 0 heterocycles. The van der Waals surface area contributed by atoms with Crippen LogP contribution in [-0.4, -0.2) is 52.5 Å². The van der Waals surface area contributed by atoms with Gasteiger partial charge < -0.3 is 15.7 Å². The fourth-order valence-electron chi connectivity index (χ4n) is 1.76. The van der Waals surface area contributed by atoms with E-state index in [1.807, 2.05) is 0 Å². The molecular weight excluding hydrogens is 328 g/mol. The van der Waals surface area contributed by atoms with Gasteiger partial charge in [-0.05, 0) is 11.8 Å². The van der Waals surface area contributed by atoms with Crippen LogP contribution in [0.5, 0.6) is 0 Å². The van der Waals surface area contributed by atoms with Gasteiger partial charge in [0.2, 0.25) is 5.91 Å². The molecule has 3 N–H and O–H groups in total. The van der Waals surface area contributed by atoms with E-state index in [1.165, 1.54) is 0 Å². The first-order valence-corrected chi connectivity index (χ1v) is 7.69. The Hall–Kier alpha value is -1.90. The van der Waals surface area contributed by atoms with Crippen LogP contribution in [0.4, 0.5) is 4.79 Å². The van der Waals surface area contributed by atoms with Gasteiger partial charge in [0.05, 0.1) is 11.8 Å². The summed E-state index contributed by atoms with van der Waals surface area (Å²) >= 11 is 5.45. The number of halogens is 1. The van der Waals surface area contributed by atoms with Crippen LogP contribution in [-0.2, 0) is 9.59 Å². The van der Waals surface area contributed by atoms with E-state index in [4.69, 9.17) is 16.7 Å². The highest BCUT2D eigenvalue weighted by molar-refractivity contribution is 6.18. The minimum absolute atomic E-state index is 0.00609. The Morgan fingerprint density at radius 2 is 1.61 bits per heavy atom. The van der Waals surface area contributed by atoms with E-state index in [0.29, 0.717) is 5.01 Å². The molecule has 3 amide bonds. The summed E-state index contributed by atoms with van der Waals surface area (Å²) in [5.41, 5.74) is 0. The molecule has 0 rings (SSSR count). The summed E-state index contributed by atoms with van der Waals surface area (Å²) in [4.78, 5) is 45.9. The third-order valence-corrected chi connectivity index (χ3v) is 3.26. The molecule has 9 nitrogen and oxygen atoms in total. The Labute approximate surface area is 139 Å². The Bertz CT molecular complexity index is 444.